The van der Waals surface area contributed by atoms with E-state index in [1.54, 1.807) is 0 Å². The molecule has 0 bridgehead atoms. The van der Waals surface area contributed by atoms with Crippen molar-refractivity contribution < 1.29 is 27.4 Å². The molecule has 0 atom stereocenters. The quantitative estimate of drug-likeness (QED) is 0.568. The van der Waals surface area contributed by atoms with Crippen molar-refractivity contribution in [3.63, 3.8) is 0 Å². The molecular weight excluding hydrogens is 159 g/mol. The van der Waals surface area contributed by atoms with Crippen LogP contribution in [-0.2, 0) is 27.4 Å². The van der Waals surface area contributed by atoms with Gasteiger partial charge in [-0.05, 0) is 0 Å². The first-order chi connectivity index (χ1) is 2.77. The van der Waals surface area contributed by atoms with Gasteiger partial charge < -0.3 is 0 Å². The molecule has 33 valence electrons. The van der Waals surface area contributed by atoms with Crippen molar-refractivity contribution in [2.45, 2.75) is 4.13 Å². The Morgan fingerprint density at radius 2 is 2.17 bits per heavy atom. The summed E-state index contributed by atoms with van der Waals surface area (Å²) in [6, 6.07) is 0. The Morgan fingerprint density at radius 3 is 2.17 bits per heavy atom. The molecule has 0 heterocycles. The monoisotopic (exact) mass is 163 g/mol. The van der Waals surface area contributed by atoms with Crippen molar-refractivity contribution in [3.8, 4) is 0 Å². The molecule has 0 aliphatic heterocycles. The van der Waals surface area contributed by atoms with Crippen molar-refractivity contribution in [2.24, 2.45) is 0 Å². The van der Waals surface area contributed by atoms with Gasteiger partial charge in [-0.2, -0.15) is 0 Å². The van der Waals surface area contributed by atoms with E-state index in [0.717, 1.165) is 0 Å². The molecule has 0 radical (unpaired) electrons. The van der Waals surface area contributed by atoms with Gasteiger partial charge in [-0.3, -0.25) is 0 Å². The molecule has 2 nitrogen and oxygen atoms in total. The molecule has 6 heavy (non-hydrogen) atoms. The van der Waals surface area contributed by atoms with Crippen LogP contribution in [0.25, 0.3) is 0 Å². The molecule has 0 saturated heterocycles. The van der Waals surface area contributed by atoms with Crippen molar-refractivity contribution in [1.82, 2.24) is 0 Å². The van der Waals surface area contributed by atoms with Crippen LogP contribution in [0.3, 0.4) is 0 Å². The summed E-state index contributed by atoms with van der Waals surface area (Å²) < 4.78 is 19.6. The van der Waals surface area contributed by atoms with E-state index in [1.165, 1.54) is 6.08 Å². The summed E-state index contributed by atoms with van der Waals surface area (Å²) in [4.78, 5) is 0. The molecule has 0 aromatic rings. The Hall–Kier alpha value is 0.223. The maximum atomic E-state index is 9.70. The fourth-order valence-corrected chi connectivity index (χ4v) is 0.697. The number of hydrogen-bond donors (Lipinski definition) is 0. The zero-order chi connectivity index (χ0) is 4.99. The average Bonchev–Trinajstić information content (AvgIpc) is 1.35. The number of rotatable bonds is 2. The minimum absolute atomic E-state index is 0.224. The van der Waals surface area contributed by atoms with Gasteiger partial charge in [0.1, 0.15) is 0 Å². The SMILES string of the molecule is C=C[CH2][Zr](=[O])=[O]. The summed E-state index contributed by atoms with van der Waals surface area (Å²) in [6.07, 6.45) is 1.41. The first-order valence-corrected chi connectivity index (χ1v) is 5.32. The Morgan fingerprint density at radius 1 is 1.67 bits per heavy atom. The van der Waals surface area contributed by atoms with Gasteiger partial charge in [-0.25, -0.2) is 0 Å². The van der Waals surface area contributed by atoms with Crippen LogP contribution in [0, 0.1) is 0 Å². The topological polar surface area (TPSA) is 34.1 Å². The van der Waals surface area contributed by atoms with Crippen LogP contribution in [0.1, 0.15) is 0 Å². The van der Waals surface area contributed by atoms with E-state index < -0.39 is 21.8 Å². The molecule has 0 saturated carbocycles. The summed E-state index contributed by atoms with van der Waals surface area (Å²) >= 11 is -3.23. The summed E-state index contributed by atoms with van der Waals surface area (Å²) in [5.41, 5.74) is 0. The Kier molecular flexibility index (Phi) is 3.54. The molecule has 0 aromatic heterocycles. The average molecular weight is 164 g/mol. The third kappa shape index (κ3) is 4.22. The molecule has 0 aliphatic rings. The van der Waals surface area contributed by atoms with Crippen LogP contribution in [0.4, 0.5) is 0 Å². The van der Waals surface area contributed by atoms with Crippen LogP contribution in [-0.4, -0.2) is 0 Å². The van der Waals surface area contributed by atoms with Gasteiger partial charge in [-0.15, -0.1) is 0 Å². The van der Waals surface area contributed by atoms with E-state index in [9.17, 15) is 5.63 Å². The van der Waals surface area contributed by atoms with Crippen molar-refractivity contribution in [1.29, 1.82) is 0 Å². The molecule has 0 fully saturated rings. The van der Waals surface area contributed by atoms with Crippen LogP contribution in [0.5, 0.6) is 0 Å². The standard InChI is InChI=1S/C3H5.2O.Zr/c1-3-2;;;/h3H,1-2H2;;;. The molecule has 0 amide bonds. The van der Waals surface area contributed by atoms with Crippen molar-refractivity contribution >= 4 is 0 Å². The molecule has 0 aromatic carbocycles. The fraction of sp³-hybridized carbons (Fsp3) is 0.333. The van der Waals surface area contributed by atoms with Crippen molar-refractivity contribution in [3.05, 3.63) is 12.7 Å². The summed E-state index contributed by atoms with van der Waals surface area (Å²) in [5, 5.41) is 0. The Labute approximate surface area is 44.4 Å². The second kappa shape index (κ2) is 3.41. The van der Waals surface area contributed by atoms with Gasteiger partial charge >= 0.3 is 44.2 Å². The van der Waals surface area contributed by atoms with Gasteiger partial charge in [0.25, 0.3) is 0 Å². The van der Waals surface area contributed by atoms with Crippen LogP contribution in [0.15, 0.2) is 12.7 Å². The second-order valence-corrected chi connectivity index (χ2v) is 3.70. The molecule has 0 unspecified atom stereocenters. The van der Waals surface area contributed by atoms with Crippen molar-refractivity contribution in [2.75, 3.05) is 0 Å². The molecule has 3 heteroatoms. The third-order valence-corrected chi connectivity index (χ3v) is 1.84. The van der Waals surface area contributed by atoms with E-state index >= 15 is 0 Å². The summed E-state index contributed by atoms with van der Waals surface area (Å²) in [6.45, 7) is 3.25. The Bertz CT molecular complexity index is 95.4. The van der Waals surface area contributed by atoms with Gasteiger partial charge in [0.2, 0.25) is 0 Å². The molecule has 0 aliphatic carbocycles. The number of allylic oxidation sites excluding steroid dienone is 1. The summed E-state index contributed by atoms with van der Waals surface area (Å²) in [5.74, 6) is 0. The number of hydrogen-bond acceptors (Lipinski definition) is 2. The summed E-state index contributed by atoms with van der Waals surface area (Å²) in [7, 11) is 0. The predicted octanol–water partition coefficient (Wildman–Crippen LogP) is 0.900. The molecular formula is C3H5O2Zr. The first kappa shape index (κ1) is 6.22. The van der Waals surface area contributed by atoms with Gasteiger partial charge in [-0.1, -0.05) is 0 Å². The normalized spacial score (nSPS) is 7.33. The van der Waals surface area contributed by atoms with Crippen LogP contribution in [0.2, 0.25) is 4.13 Å². The maximum absolute atomic E-state index is 9.70. The van der Waals surface area contributed by atoms with Gasteiger partial charge in [0.15, 0.2) is 0 Å². The van der Waals surface area contributed by atoms with E-state index in [0.29, 0.717) is 0 Å². The zero-order valence-electron chi connectivity index (χ0n) is 3.31. The predicted molar refractivity (Wildman–Crippen MR) is 16.4 cm³/mol. The van der Waals surface area contributed by atoms with Gasteiger partial charge in [0.05, 0.1) is 0 Å². The van der Waals surface area contributed by atoms with Crippen LogP contribution >= 0.6 is 0 Å². The molecule has 0 rings (SSSR count). The van der Waals surface area contributed by atoms with Crippen LogP contribution < -0.4 is 0 Å². The molecule has 0 spiro atoms. The Balaban J connectivity index is 3.32. The minimum atomic E-state index is -3.23. The fourth-order valence-electron chi connectivity index (χ4n) is 0.118. The molecule has 0 N–H and O–H groups in total. The zero-order valence-corrected chi connectivity index (χ0v) is 5.77. The van der Waals surface area contributed by atoms with E-state index in [-0.39, 0.29) is 4.13 Å². The van der Waals surface area contributed by atoms with Gasteiger partial charge in [0, 0.05) is 0 Å². The third-order valence-electron chi connectivity index (χ3n) is 0.311. The van der Waals surface area contributed by atoms with E-state index in [1.807, 2.05) is 0 Å². The van der Waals surface area contributed by atoms with E-state index in [2.05, 4.69) is 6.58 Å². The van der Waals surface area contributed by atoms with E-state index in [4.69, 9.17) is 0 Å². The second-order valence-electron chi connectivity index (χ2n) is 0.865. The first-order valence-electron chi connectivity index (χ1n) is 1.58.